The number of hydrogen-bond acceptors (Lipinski definition) is 5. The fourth-order valence-corrected chi connectivity index (χ4v) is 1.53. The summed E-state index contributed by atoms with van der Waals surface area (Å²) in [6.07, 6.45) is 1.63. The van der Waals surface area contributed by atoms with Crippen molar-refractivity contribution in [2.45, 2.75) is 6.54 Å². The molecule has 0 saturated heterocycles. The van der Waals surface area contributed by atoms with E-state index in [-0.39, 0.29) is 5.69 Å². The summed E-state index contributed by atoms with van der Waals surface area (Å²) in [4.78, 5) is 10.0. The van der Waals surface area contributed by atoms with E-state index in [0.717, 1.165) is 5.76 Å². The maximum atomic E-state index is 10.5. The van der Waals surface area contributed by atoms with Crippen LogP contribution < -0.4 is 10.1 Å². The first-order valence-corrected chi connectivity index (χ1v) is 5.86. The Morgan fingerprint density at radius 3 is 2.68 bits per heavy atom. The maximum absolute atomic E-state index is 10.5. The minimum Gasteiger partial charge on any atom is -0.492 e. The summed E-state index contributed by atoms with van der Waals surface area (Å²) in [5.41, 5.74) is 0.0586. The number of nitro groups is 1. The van der Waals surface area contributed by atoms with Crippen LogP contribution in [0.25, 0.3) is 0 Å². The van der Waals surface area contributed by atoms with Crippen molar-refractivity contribution < 1.29 is 14.1 Å². The van der Waals surface area contributed by atoms with Gasteiger partial charge in [0.05, 0.1) is 17.7 Å². The molecule has 0 aliphatic rings. The van der Waals surface area contributed by atoms with E-state index in [1.807, 2.05) is 12.1 Å². The topological polar surface area (TPSA) is 77.5 Å². The highest BCUT2D eigenvalue weighted by Crippen LogP contribution is 2.16. The molecule has 6 nitrogen and oxygen atoms in total. The Bertz CT molecular complexity index is 508. The second kappa shape index (κ2) is 6.55. The molecule has 1 aromatic carbocycles. The molecule has 2 aromatic rings. The summed E-state index contributed by atoms with van der Waals surface area (Å²) in [6, 6.07) is 9.75. The van der Waals surface area contributed by atoms with E-state index >= 15 is 0 Å². The van der Waals surface area contributed by atoms with Crippen LogP contribution in [0.1, 0.15) is 5.76 Å². The zero-order chi connectivity index (χ0) is 13.5. The highest BCUT2D eigenvalue weighted by atomic mass is 16.6. The van der Waals surface area contributed by atoms with Gasteiger partial charge in [0.15, 0.2) is 0 Å². The molecule has 0 aliphatic carbocycles. The lowest BCUT2D eigenvalue weighted by atomic mass is 10.3. The fourth-order valence-electron chi connectivity index (χ4n) is 1.53. The molecule has 0 saturated carbocycles. The average molecular weight is 262 g/mol. The van der Waals surface area contributed by atoms with Crippen molar-refractivity contribution in [3.8, 4) is 5.75 Å². The Balaban J connectivity index is 1.66. The molecule has 0 unspecified atom stereocenters. The number of furan rings is 1. The van der Waals surface area contributed by atoms with Crippen LogP contribution in [-0.4, -0.2) is 18.1 Å². The van der Waals surface area contributed by atoms with Gasteiger partial charge in [-0.2, -0.15) is 0 Å². The predicted molar refractivity (Wildman–Crippen MR) is 69.0 cm³/mol. The van der Waals surface area contributed by atoms with Crippen molar-refractivity contribution in [2.24, 2.45) is 0 Å². The monoisotopic (exact) mass is 262 g/mol. The van der Waals surface area contributed by atoms with Gasteiger partial charge in [-0.1, -0.05) is 0 Å². The van der Waals surface area contributed by atoms with Crippen LogP contribution in [0, 0.1) is 10.1 Å². The van der Waals surface area contributed by atoms with Crippen molar-refractivity contribution in [1.82, 2.24) is 5.32 Å². The minimum absolute atomic E-state index is 0.0586. The van der Waals surface area contributed by atoms with Crippen LogP contribution in [0.15, 0.2) is 47.1 Å². The molecule has 100 valence electrons. The van der Waals surface area contributed by atoms with Crippen LogP contribution in [0.4, 0.5) is 5.69 Å². The molecule has 0 fully saturated rings. The zero-order valence-electron chi connectivity index (χ0n) is 10.2. The second-order valence-electron chi connectivity index (χ2n) is 3.86. The van der Waals surface area contributed by atoms with Crippen LogP contribution in [-0.2, 0) is 6.54 Å². The van der Waals surface area contributed by atoms with Gasteiger partial charge in [-0.3, -0.25) is 10.1 Å². The molecule has 0 amide bonds. The van der Waals surface area contributed by atoms with Gasteiger partial charge < -0.3 is 14.5 Å². The Labute approximate surface area is 110 Å². The van der Waals surface area contributed by atoms with Gasteiger partial charge in [-0.15, -0.1) is 0 Å². The largest absolute Gasteiger partial charge is 0.492 e. The lowest BCUT2D eigenvalue weighted by Gasteiger charge is -2.06. The Morgan fingerprint density at radius 2 is 2.05 bits per heavy atom. The first kappa shape index (κ1) is 13.1. The molecule has 1 heterocycles. The molecule has 0 radical (unpaired) electrons. The summed E-state index contributed by atoms with van der Waals surface area (Å²) in [7, 11) is 0. The molecule has 0 bridgehead atoms. The molecule has 0 aliphatic heterocycles. The quantitative estimate of drug-likeness (QED) is 0.471. The van der Waals surface area contributed by atoms with Gasteiger partial charge in [-0.25, -0.2) is 0 Å². The predicted octanol–water partition coefficient (Wildman–Crippen LogP) is 2.36. The zero-order valence-corrected chi connectivity index (χ0v) is 10.2. The number of rotatable bonds is 7. The third-order valence-electron chi connectivity index (χ3n) is 2.47. The van der Waals surface area contributed by atoms with E-state index in [9.17, 15) is 10.1 Å². The standard InChI is InChI=1S/C13H14N2O4/c16-15(17)11-3-5-12(6-4-11)19-9-7-14-10-13-2-1-8-18-13/h1-6,8,14H,7,9-10H2. The highest BCUT2D eigenvalue weighted by Gasteiger charge is 2.04. The van der Waals surface area contributed by atoms with Crippen molar-refractivity contribution in [1.29, 1.82) is 0 Å². The molecule has 1 N–H and O–H groups in total. The van der Waals surface area contributed by atoms with E-state index < -0.39 is 4.92 Å². The highest BCUT2D eigenvalue weighted by molar-refractivity contribution is 5.35. The molecular formula is C13H14N2O4. The first-order chi connectivity index (χ1) is 9.25. The van der Waals surface area contributed by atoms with Gasteiger partial charge >= 0.3 is 0 Å². The van der Waals surface area contributed by atoms with Crippen molar-refractivity contribution >= 4 is 5.69 Å². The van der Waals surface area contributed by atoms with Crippen LogP contribution in [0.5, 0.6) is 5.75 Å². The van der Waals surface area contributed by atoms with Crippen LogP contribution in [0.3, 0.4) is 0 Å². The number of benzene rings is 1. The minimum atomic E-state index is -0.436. The van der Waals surface area contributed by atoms with E-state index in [1.54, 1.807) is 18.4 Å². The molecule has 1 aromatic heterocycles. The lowest BCUT2D eigenvalue weighted by Crippen LogP contribution is -2.20. The van der Waals surface area contributed by atoms with Crippen molar-refractivity contribution in [3.63, 3.8) is 0 Å². The summed E-state index contributed by atoms with van der Waals surface area (Å²) in [5.74, 6) is 1.49. The van der Waals surface area contributed by atoms with E-state index in [0.29, 0.717) is 25.4 Å². The molecule has 0 atom stereocenters. The third kappa shape index (κ3) is 4.11. The van der Waals surface area contributed by atoms with Gasteiger partial charge in [0, 0.05) is 18.7 Å². The van der Waals surface area contributed by atoms with E-state index in [1.165, 1.54) is 12.1 Å². The number of non-ortho nitro benzene ring substituents is 1. The first-order valence-electron chi connectivity index (χ1n) is 5.86. The van der Waals surface area contributed by atoms with E-state index in [2.05, 4.69) is 5.32 Å². The normalized spacial score (nSPS) is 10.3. The fraction of sp³-hybridized carbons (Fsp3) is 0.231. The number of nitrogens with one attached hydrogen (secondary N) is 1. The lowest BCUT2D eigenvalue weighted by molar-refractivity contribution is -0.384. The average Bonchev–Trinajstić information content (AvgIpc) is 2.92. The Morgan fingerprint density at radius 1 is 1.26 bits per heavy atom. The summed E-state index contributed by atoms with van der Waals surface area (Å²) in [5, 5.41) is 13.6. The summed E-state index contributed by atoms with van der Waals surface area (Å²) in [6.45, 7) is 1.80. The van der Waals surface area contributed by atoms with Crippen LogP contribution in [0.2, 0.25) is 0 Å². The summed E-state index contributed by atoms with van der Waals surface area (Å²) >= 11 is 0. The summed E-state index contributed by atoms with van der Waals surface area (Å²) < 4.78 is 10.6. The second-order valence-corrected chi connectivity index (χ2v) is 3.86. The molecular weight excluding hydrogens is 248 g/mol. The third-order valence-corrected chi connectivity index (χ3v) is 2.47. The Kier molecular flexibility index (Phi) is 4.52. The van der Waals surface area contributed by atoms with Crippen molar-refractivity contribution in [3.05, 3.63) is 58.5 Å². The van der Waals surface area contributed by atoms with Crippen LogP contribution >= 0.6 is 0 Å². The number of ether oxygens (including phenoxy) is 1. The molecule has 2 rings (SSSR count). The van der Waals surface area contributed by atoms with Gasteiger partial charge in [0.2, 0.25) is 0 Å². The Hall–Kier alpha value is -2.34. The van der Waals surface area contributed by atoms with Gasteiger partial charge in [0.25, 0.3) is 5.69 Å². The number of nitro benzene ring substituents is 1. The smallest absolute Gasteiger partial charge is 0.269 e. The van der Waals surface area contributed by atoms with Gasteiger partial charge in [0.1, 0.15) is 18.1 Å². The van der Waals surface area contributed by atoms with Gasteiger partial charge in [-0.05, 0) is 24.3 Å². The van der Waals surface area contributed by atoms with E-state index in [4.69, 9.17) is 9.15 Å². The maximum Gasteiger partial charge on any atom is 0.269 e. The number of nitrogens with zero attached hydrogens (tertiary/aromatic N) is 1. The molecule has 19 heavy (non-hydrogen) atoms. The SMILES string of the molecule is O=[N+]([O-])c1ccc(OCCNCc2ccco2)cc1. The molecule has 0 spiro atoms. The molecule has 6 heteroatoms. The van der Waals surface area contributed by atoms with Crippen molar-refractivity contribution in [2.75, 3.05) is 13.2 Å². The number of hydrogen-bond donors (Lipinski definition) is 1.